The summed E-state index contributed by atoms with van der Waals surface area (Å²) in [7, 11) is 1.70. The van der Waals surface area contributed by atoms with Gasteiger partial charge in [-0.25, -0.2) is 9.97 Å². The predicted octanol–water partition coefficient (Wildman–Crippen LogP) is 4.02. The molecule has 5 nitrogen and oxygen atoms in total. The predicted molar refractivity (Wildman–Crippen MR) is 110 cm³/mol. The summed E-state index contributed by atoms with van der Waals surface area (Å²) in [6.07, 6.45) is 5.19. The highest BCUT2D eigenvalue weighted by molar-refractivity contribution is 5.28. The molecular formula is C23H28N4O. The van der Waals surface area contributed by atoms with Crippen molar-refractivity contribution in [3.05, 3.63) is 77.1 Å². The molecule has 0 amide bonds. The van der Waals surface area contributed by atoms with Crippen molar-refractivity contribution in [3.8, 4) is 5.75 Å². The van der Waals surface area contributed by atoms with Gasteiger partial charge in [0.25, 0.3) is 0 Å². The molecule has 0 unspecified atom stereocenters. The van der Waals surface area contributed by atoms with Gasteiger partial charge in [0.1, 0.15) is 11.6 Å². The number of benzene rings is 1. The number of aromatic nitrogens is 3. The Morgan fingerprint density at radius 1 is 1.11 bits per heavy atom. The van der Waals surface area contributed by atoms with E-state index >= 15 is 0 Å². The Labute approximate surface area is 167 Å². The Hall–Kier alpha value is -2.66. The highest BCUT2D eigenvalue weighted by atomic mass is 16.5. The molecule has 0 atom stereocenters. The number of fused-ring (bicyclic) bond motifs is 1. The normalized spacial score (nSPS) is 14.3. The fourth-order valence-electron chi connectivity index (χ4n) is 3.71. The fourth-order valence-corrected chi connectivity index (χ4v) is 3.71. The average Bonchev–Trinajstić information content (AvgIpc) is 3.14. The first-order valence-corrected chi connectivity index (χ1v) is 9.96. The summed E-state index contributed by atoms with van der Waals surface area (Å²) in [6.45, 7) is 8.06. The molecule has 5 heteroatoms. The summed E-state index contributed by atoms with van der Waals surface area (Å²) < 4.78 is 7.58. The number of nitrogens with zero attached hydrogens (tertiary/aromatic N) is 4. The second-order valence-electron chi connectivity index (χ2n) is 7.79. The molecule has 0 radical (unpaired) electrons. The van der Waals surface area contributed by atoms with Crippen LogP contribution in [0.5, 0.6) is 5.75 Å². The Morgan fingerprint density at radius 2 is 1.93 bits per heavy atom. The largest absolute Gasteiger partial charge is 0.497 e. The van der Waals surface area contributed by atoms with Crippen molar-refractivity contribution in [2.24, 2.45) is 0 Å². The molecule has 3 heterocycles. The zero-order valence-corrected chi connectivity index (χ0v) is 16.9. The molecule has 3 aromatic rings. The van der Waals surface area contributed by atoms with Crippen LogP contribution in [-0.4, -0.2) is 33.1 Å². The van der Waals surface area contributed by atoms with Gasteiger partial charge >= 0.3 is 0 Å². The quantitative estimate of drug-likeness (QED) is 0.652. The molecule has 1 aliphatic rings. The van der Waals surface area contributed by atoms with E-state index in [1.807, 2.05) is 18.3 Å². The van der Waals surface area contributed by atoms with E-state index in [0.29, 0.717) is 5.92 Å². The second-order valence-corrected chi connectivity index (χ2v) is 7.79. The van der Waals surface area contributed by atoms with E-state index in [-0.39, 0.29) is 0 Å². The van der Waals surface area contributed by atoms with Crippen molar-refractivity contribution in [3.63, 3.8) is 0 Å². The third-order valence-electron chi connectivity index (χ3n) is 5.37. The standard InChI is InChI=1S/C23H28N4O/c1-17(2)23-24-13-19-15-26(12-10-22(19)25-23)16-20-5-4-11-27(20)14-18-6-8-21(28-3)9-7-18/h4-9,11,13,17H,10,12,14-16H2,1-3H3. The SMILES string of the molecule is COc1ccc(Cn2cccc2CN2CCc3nc(C(C)C)ncc3C2)cc1. The van der Waals surface area contributed by atoms with Gasteiger partial charge in [-0.2, -0.15) is 0 Å². The van der Waals surface area contributed by atoms with Gasteiger partial charge in [-0.05, 0) is 29.8 Å². The van der Waals surface area contributed by atoms with Crippen LogP contribution < -0.4 is 4.74 Å². The third-order valence-corrected chi connectivity index (χ3v) is 5.37. The van der Waals surface area contributed by atoms with Gasteiger partial charge in [-0.1, -0.05) is 26.0 Å². The first-order chi connectivity index (χ1) is 13.6. The molecule has 0 spiro atoms. The van der Waals surface area contributed by atoms with Crippen molar-refractivity contribution < 1.29 is 4.74 Å². The summed E-state index contributed by atoms with van der Waals surface area (Å²) in [5.41, 5.74) is 5.10. The molecule has 0 bridgehead atoms. The molecule has 1 aliphatic heterocycles. The number of rotatable bonds is 6. The molecule has 0 saturated heterocycles. The second kappa shape index (κ2) is 8.15. The van der Waals surface area contributed by atoms with E-state index in [0.717, 1.165) is 44.2 Å². The number of hydrogen-bond acceptors (Lipinski definition) is 4. The number of hydrogen-bond donors (Lipinski definition) is 0. The van der Waals surface area contributed by atoms with Crippen LogP contribution >= 0.6 is 0 Å². The van der Waals surface area contributed by atoms with Crippen molar-refractivity contribution in [1.82, 2.24) is 19.4 Å². The molecule has 2 aromatic heterocycles. The molecule has 1 aromatic carbocycles. The molecule has 146 valence electrons. The van der Waals surface area contributed by atoms with Gasteiger partial charge in [0.05, 0.1) is 7.11 Å². The van der Waals surface area contributed by atoms with Gasteiger partial charge in [0, 0.05) is 67.9 Å². The lowest BCUT2D eigenvalue weighted by Gasteiger charge is -2.28. The minimum atomic E-state index is 0.379. The highest BCUT2D eigenvalue weighted by Gasteiger charge is 2.20. The lowest BCUT2D eigenvalue weighted by molar-refractivity contribution is 0.237. The van der Waals surface area contributed by atoms with Crippen molar-refractivity contribution >= 4 is 0 Å². The summed E-state index contributed by atoms with van der Waals surface area (Å²) in [4.78, 5) is 11.8. The van der Waals surface area contributed by atoms with Crippen molar-refractivity contribution in [1.29, 1.82) is 0 Å². The van der Waals surface area contributed by atoms with Crippen molar-refractivity contribution in [2.75, 3.05) is 13.7 Å². The zero-order valence-electron chi connectivity index (χ0n) is 16.9. The van der Waals surface area contributed by atoms with E-state index in [1.54, 1.807) is 7.11 Å². The molecular weight excluding hydrogens is 348 g/mol. The van der Waals surface area contributed by atoms with Crippen LogP contribution in [0.3, 0.4) is 0 Å². The summed E-state index contributed by atoms with van der Waals surface area (Å²) in [6, 6.07) is 12.6. The Bertz CT molecular complexity index is 930. The van der Waals surface area contributed by atoms with E-state index in [9.17, 15) is 0 Å². The topological polar surface area (TPSA) is 43.2 Å². The van der Waals surface area contributed by atoms with Crippen LogP contribution in [0.15, 0.2) is 48.8 Å². The fraction of sp³-hybridized carbons (Fsp3) is 0.391. The van der Waals surface area contributed by atoms with Crippen molar-refractivity contribution in [2.45, 2.75) is 45.8 Å². The highest BCUT2D eigenvalue weighted by Crippen LogP contribution is 2.21. The lowest BCUT2D eigenvalue weighted by atomic mass is 10.1. The molecule has 4 rings (SSSR count). The summed E-state index contributed by atoms with van der Waals surface area (Å²) >= 11 is 0. The van der Waals surface area contributed by atoms with Crippen LogP contribution in [0.1, 0.15) is 48.1 Å². The number of methoxy groups -OCH3 is 1. The van der Waals surface area contributed by atoms with E-state index in [4.69, 9.17) is 9.72 Å². The van der Waals surface area contributed by atoms with E-state index in [2.05, 4.69) is 58.8 Å². The molecule has 0 fully saturated rings. The minimum Gasteiger partial charge on any atom is -0.497 e. The minimum absolute atomic E-state index is 0.379. The van der Waals surface area contributed by atoms with Gasteiger partial charge in [0.15, 0.2) is 0 Å². The van der Waals surface area contributed by atoms with Gasteiger partial charge in [-0.15, -0.1) is 0 Å². The smallest absolute Gasteiger partial charge is 0.131 e. The molecule has 0 saturated carbocycles. The Morgan fingerprint density at radius 3 is 2.68 bits per heavy atom. The van der Waals surface area contributed by atoms with Crippen LogP contribution in [0.2, 0.25) is 0 Å². The Balaban J connectivity index is 1.43. The monoisotopic (exact) mass is 376 g/mol. The summed E-state index contributed by atoms with van der Waals surface area (Å²) in [5, 5.41) is 0. The number of ether oxygens (including phenoxy) is 1. The first-order valence-electron chi connectivity index (χ1n) is 9.96. The molecule has 0 N–H and O–H groups in total. The molecule has 28 heavy (non-hydrogen) atoms. The average molecular weight is 377 g/mol. The molecule has 0 aliphatic carbocycles. The summed E-state index contributed by atoms with van der Waals surface area (Å²) in [5.74, 6) is 2.23. The third kappa shape index (κ3) is 4.09. The van der Waals surface area contributed by atoms with E-state index < -0.39 is 0 Å². The maximum Gasteiger partial charge on any atom is 0.131 e. The van der Waals surface area contributed by atoms with Gasteiger partial charge in [-0.3, -0.25) is 4.90 Å². The van der Waals surface area contributed by atoms with E-state index in [1.165, 1.54) is 22.5 Å². The first kappa shape index (κ1) is 18.7. The Kier molecular flexibility index (Phi) is 5.44. The van der Waals surface area contributed by atoms with Crippen LogP contribution in [0, 0.1) is 0 Å². The zero-order chi connectivity index (χ0) is 19.5. The van der Waals surface area contributed by atoms with Gasteiger partial charge in [0.2, 0.25) is 0 Å². The van der Waals surface area contributed by atoms with Crippen LogP contribution in [-0.2, 0) is 26.1 Å². The maximum absolute atomic E-state index is 5.25. The lowest BCUT2D eigenvalue weighted by Crippen LogP contribution is -2.32. The van der Waals surface area contributed by atoms with Crippen LogP contribution in [0.25, 0.3) is 0 Å². The maximum atomic E-state index is 5.25. The van der Waals surface area contributed by atoms with Crippen LogP contribution in [0.4, 0.5) is 0 Å². The van der Waals surface area contributed by atoms with Gasteiger partial charge < -0.3 is 9.30 Å².